The number of ether oxygens (including phenoxy) is 1. The number of thioether (sulfide) groups is 1. The maximum absolute atomic E-state index is 11.2. The zero-order chi connectivity index (χ0) is 26.4. The molecule has 0 atom stereocenters. The van der Waals surface area contributed by atoms with Gasteiger partial charge in [0.05, 0.1) is 6.61 Å². The zero-order valence-electron chi connectivity index (χ0n) is 21.6. The van der Waals surface area contributed by atoms with Crippen molar-refractivity contribution in [2.45, 2.75) is 45.4 Å². The molecule has 0 bridgehead atoms. The minimum Gasteiger partial charge on any atom is -0.450 e. The molecule has 2 saturated heterocycles. The number of likely N-dealkylation sites (tertiary alicyclic amines) is 1. The molecule has 2 aliphatic heterocycles. The van der Waals surface area contributed by atoms with Gasteiger partial charge in [0, 0.05) is 75.8 Å². The number of carbonyl (C=O) groups is 1. The number of nitrogens with one attached hydrogen (secondary N) is 1. The summed E-state index contributed by atoms with van der Waals surface area (Å²) in [6.45, 7) is 7.92. The van der Waals surface area contributed by atoms with Gasteiger partial charge in [-0.05, 0) is 42.5 Å². The van der Waals surface area contributed by atoms with Crippen LogP contribution in [0.5, 0.6) is 0 Å². The third-order valence-corrected chi connectivity index (χ3v) is 6.32. The molecule has 2 aliphatic rings. The molecule has 3 heterocycles. The Kier molecular flexibility index (Phi) is 18.5. The number of pyridine rings is 1. The van der Waals surface area contributed by atoms with E-state index in [2.05, 4.69) is 10.3 Å². The van der Waals surface area contributed by atoms with Crippen LogP contribution in [0.25, 0.3) is 0 Å². The molecule has 1 aromatic carbocycles. The molecule has 4 rings (SSSR count). The second kappa shape index (κ2) is 20.9. The molecule has 9 nitrogen and oxygen atoms in total. The number of hydrogen-bond donors (Lipinski definition) is 5. The van der Waals surface area contributed by atoms with Crippen LogP contribution in [0.3, 0.4) is 0 Å². The SMILES string of the molecule is C1CSCCN1.CCOC(=O)N1CCC(N)CC1.NCc1cccc(CN)c1.NCc1cccnc1. The number of aromatic nitrogens is 1. The highest BCUT2D eigenvalue weighted by Gasteiger charge is 2.20. The molecule has 0 unspecified atom stereocenters. The monoisotopic (exact) mass is 519 g/mol. The number of benzene rings is 1. The van der Waals surface area contributed by atoms with Crippen molar-refractivity contribution in [3.05, 3.63) is 65.5 Å². The minimum absolute atomic E-state index is 0.204. The average molecular weight is 520 g/mol. The predicted molar refractivity (Wildman–Crippen MR) is 150 cm³/mol. The lowest BCUT2D eigenvalue weighted by molar-refractivity contribution is 0.0974. The highest BCUT2D eigenvalue weighted by molar-refractivity contribution is 7.99. The second-order valence-corrected chi connectivity index (χ2v) is 9.40. The van der Waals surface area contributed by atoms with E-state index in [0.29, 0.717) is 26.2 Å². The van der Waals surface area contributed by atoms with Gasteiger partial charge in [0.25, 0.3) is 0 Å². The van der Waals surface area contributed by atoms with Crippen LogP contribution >= 0.6 is 11.8 Å². The Labute approximate surface area is 220 Å². The van der Waals surface area contributed by atoms with E-state index in [4.69, 9.17) is 27.7 Å². The maximum Gasteiger partial charge on any atom is 0.409 e. The van der Waals surface area contributed by atoms with Crippen molar-refractivity contribution in [1.82, 2.24) is 15.2 Å². The summed E-state index contributed by atoms with van der Waals surface area (Å²) in [5.74, 6) is 2.61. The number of piperidine rings is 1. The summed E-state index contributed by atoms with van der Waals surface area (Å²) in [6, 6.07) is 12.1. The van der Waals surface area contributed by atoms with Crippen molar-refractivity contribution < 1.29 is 9.53 Å². The maximum atomic E-state index is 11.2. The van der Waals surface area contributed by atoms with E-state index in [1.54, 1.807) is 17.3 Å². The third-order valence-electron chi connectivity index (χ3n) is 5.33. The summed E-state index contributed by atoms with van der Waals surface area (Å²) >= 11 is 2.03. The van der Waals surface area contributed by atoms with E-state index >= 15 is 0 Å². The Morgan fingerprint density at radius 3 is 2.00 bits per heavy atom. The summed E-state index contributed by atoms with van der Waals surface area (Å²) in [7, 11) is 0. The van der Waals surface area contributed by atoms with Crippen LogP contribution < -0.4 is 28.3 Å². The molecule has 0 radical (unpaired) electrons. The molecule has 1 aromatic heterocycles. The summed E-state index contributed by atoms with van der Waals surface area (Å²) in [6.07, 6.45) is 5.07. The summed E-state index contributed by atoms with van der Waals surface area (Å²) in [4.78, 5) is 16.8. The van der Waals surface area contributed by atoms with Crippen LogP contribution in [0, 0.1) is 0 Å². The Morgan fingerprint density at radius 1 is 1.03 bits per heavy atom. The number of carbonyl (C=O) groups excluding carboxylic acids is 1. The fourth-order valence-corrected chi connectivity index (χ4v) is 4.00. The first-order valence-electron chi connectivity index (χ1n) is 12.6. The van der Waals surface area contributed by atoms with Gasteiger partial charge < -0.3 is 37.9 Å². The van der Waals surface area contributed by atoms with Crippen molar-refractivity contribution in [2.75, 3.05) is 44.3 Å². The van der Waals surface area contributed by atoms with E-state index in [0.717, 1.165) is 42.6 Å². The first kappa shape index (κ1) is 31.8. The molecule has 1 amide bonds. The Bertz CT molecular complexity index is 771. The van der Waals surface area contributed by atoms with Crippen molar-refractivity contribution in [3.63, 3.8) is 0 Å². The smallest absolute Gasteiger partial charge is 0.409 e. The van der Waals surface area contributed by atoms with Crippen LogP contribution in [0.15, 0.2) is 48.8 Å². The van der Waals surface area contributed by atoms with Gasteiger partial charge in [-0.15, -0.1) is 0 Å². The third kappa shape index (κ3) is 15.0. The van der Waals surface area contributed by atoms with Crippen molar-refractivity contribution in [3.8, 4) is 0 Å². The Morgan fingerprint density at radius 2 is 1.61 bits per heavy atom. The molecule has 2 aromatic rings. The molecule has 2 fully saturated rings. The predicted octanol–water partition coefficient (Wildman–Crippen LogP) is 2.03. The fraction of sp³-hybridized carbons (Fsp3) is 0.538. The average Bonchev–Trinajstić information content (AvgIpc) is 2.96. The minimum atomic E-state index is -0.204. The molecule has 36 heavy (non-hydrogen) atoms. The summed E-state index contributed by atoms with van der Waals surface area (Å²) in [5.41, 5.74) is 25.2. The lowest BCUT2D eigenvalue weighted by Crippen LogP contribution is -2.43. The van der Waals surface area contributed by atoms with Crippen molar-refractivity contribution in [2.24, 2.45) is 22.9 Å². The first-order valence-corrected chi connectivity index (χ1v) is 13.7. The highest BCUT2D eigenvalue weighted by atomic mass is 32.2. The van der Waals surface area contributed by atoms with Crippen LogP contribution in [0.4, 0.5) is 4.79 Å². The van der Waals surface area contributed by atoms with E-state index in [1.807, 2.05) is 55.1 Å². The van der Waals surface area contributed by atoms with Gasteiger partial charge in [-0.1, -0.05) is 30.3 Å². The standard InChI is InChI=1S/C8H16N2O2.C8H12N2.C6H8N2.C4H9NS/c1-2-12-8(11)10-5-3-7(9)4-6-10;9-5-7-2-1-3-8(4-7)6-10;7-4-6-2-1-3-8-5-6;1-3-6-4-2-5-1/h7H,2-6,9H2,1H3;1-4H,5-6,9-10H2;1-3,5H,4,7H2;5H,1-4H2. The topological polar surface area (TPSA) is 159 Å². The summed E-state index contributed by atoms with van der Waals surface area (Å²) in [5, 5.41) is 3.26. The number of amides is 1. The van der Waals surface area contributed by atoms with Gasteiger partial charge >= 0.3 is 6.09 Å². The van der Waals surface area contributed by atoms with Gasteiger partial charge in [-0.2, -0.15) is 11.8 Å². The van der Waals surface area contributed by atoms with E-state index < -0.39 is 0 Å². The molecule has 0 saturated carbocycles. The lowest BCUT2D eigenvalue weighted by Gasteiger charge is -2.29. The second-order valence-electron chi connectivity index (χ2n) is 8.18. The van der Waals surface area contributed by atoms with Crippen LogP contribution in [-0.4, -0.2) is 66.3 Å². The van der Waals surface area contributed by atoms with E-state index in [-0.39, 0.29) is 12.1 Å². The van der Waals surface area contributed by atoms with Crippen LogP contribution in [0.2, 0.25) is 0 Å². The highest BCUT2D eigenvalue weighted by Crippen LogP contribution is 2.09. The van der Waals surface area contributed by atoms with Crippen LogP contribution in [0.1, 0.15) is 36.5 Å². The van der Waals surface area contributed by atoms with Gasteiger partial charge in [-0.3, -0.25) is 4.98 Å². The molecule has 0 spiro atoms. The molecule has 10 heteroatoms. The van der Waals surface area contributed by atoms with E-state index in [1.165, 1.54) is 24.6 Å². The molecular formula is C26H45N7O2S. The lowest BCUT2D eigenvalue weighted by atomic mass is 10.1. The largest absolute Gasteiger partial charge is 0.450 e. The Balaban J connectivity index is 0.000000247. The van der Waals surface area contributed by atoms with Gasteiger partial charge in [-0.25, -0.2) is 4.79 Å². The Hall–Kier alpha value is -2.21. The van der Waals surface area contributed by atoms with Crippen molar-refractivity contribution in [1.29, 1.82) is 0 Å². The first-order chi connectivity index (χ1) is 17.5. The summed E-state index contributed by atoms with van der Waals surface area (Å²) < 4.78 is 4.86. The van der Waals surface area contributed by atoms with Gasteiger partial charge in [0.15, 0.2) is 0 Å². The fourth-order valence-electron chi connectivity index (χ4n) is 3.22. The van der Waals surface area contributed by atoms with Gasteiger partial charge in [0.2, 0.25) is 0 Å². The normalized spacial score (nSPS) is 15.2. The van der Waals surface area contributed by atoms with Gasteiger partial charge in [0.1, 0.15) is 0 Å². The zero-order valence-corrected chi connectivity index (χ0v) is 22.4. The number of rotatable bonds is 4. The molecule has 0 aliphatic carbocycles. The van der Waals surface area contributed by atoms with E-state index in [9.17, 15) is 4.79 Å². The molecular weight excluding hydrogens is 474 g/mol. The number of hydrogen-bond acceptors (Lipinski definition) is 9. The number of nitrogens with two attached hydrogens (primary N) is 4. The molecule has 9 N–H and O–H groups in total. The van der Waals surface area contributed by atoms with Crippen molar-refractivity contribution >= 4 is 17.9 Å². The molecule has 202 valence electrons. The van der Waals surface area contributed by atoms with Crippen LogP contribution in [-0.2, 0) is 24.4 Å². The quantitative estimate of drug-likeness (QED) is 0.407. The number of nitrogens with zero attached hydrogens (tertiary/aromatic N) is 2.